The summed E-state index contributed by atoms with van der Waals surface area (Å²) in [7, 11) is 5.14. The van der Waals surface area contributed by atoms with E-state index in [1.54, 1.807) is 26.0 Å². The molecule has 24 heavy (non-hydrogen) atoms. The maximum absolute atomic E-state index is 12.1. The second-order valence-electron chi connectivity index (χ2n) is 6.15. The van der Waals surface area contributed by atoms with Crippen molar-refractivity contribution in [1.82, 2.24) is 15.1 Å². The first kappa shape index (κ1) is 18.1. The van der Waals surface area contributed by atoms with Crippen LogP contribution in [0, 0.1) is 0 Å². The minimum atomic E-state index is -0.161. The van der Waals surface area contributed by atoms with Gasteiger partial charge in [-0.05, 0) is 31.7 Å². The van der Waals surface area contributed by atoms with Gasteiger partial charge < -0.3 is 19.7 Å². The van der Waals surface area contributed by atoms with Crippen LogP contribution < -0.4 is 14.8 Å². The number of nitrogens with zero attached hydrogens (tertiary/aromatic N) is 2. The molecule has 7 nitrogen and oxygen atoms in total. The number of carbonyl (C=O) groups is 2. The average Bonchev–Trinajstić information content (AvgIpc) is 2.53. The molecule has 2 amide bonds. The highest BCUT2D eigenvalue weighted by atomic mass is 16.6. The molecule has 0 saturated heterocycles. The molecule has 0 fully saturated rings. The lowest BCUT2D eigenvalue weighted by Gasteiger charge is -2.22. The second kappa shape index (κ2) is 8.01. The third-order valence-electron chi connectivity index (χ3n) is 3.76. The van der Waals surface area contributed by atoms with E-state index < -0.39 is 0 Å². The number of likely N-dealkylation sites (N-methyl/N-ethyl adjacent to an activating group) is 2. The predicted octanol–water partition coefficient (Wildman–Crippen LogP) is 0.655. The van der Waals surface area contributed by atoms with E-state index in [9.17, 15) is 9.59 Å². The van der Waals surface area contributed by atoms with E-state index in [1.807, 2.05) is 25.1 Å². The number of hydrogen-bond donors (Lipinski definition) is 1. The Morgan fingerprint density at radius 1 is 1.12 bits per heavy atom. The fraction of sp³-hybridized carbons (Fsp3) is 0.529. The maximum Gasteiger partial charge on any atom is 0.236 e. The molecule has 0 saturated carbocycles. The molecule has 0 spiro atoms. The molecular formula is C17H25N3O4. The smallest absolute Gasteiger partial charge is 0.236 e. The van der Waals surface area contributed by atoms with Gasteiger partial charge in [0.1, 0.15) is 13.2 Å². The van der Waals surface area contributed by atoms with Crippen LogP contribution >= 0.6 is 0 Å². The van der Waals surface area contributed by atoms with Crippen molar-refractivity contribution in [3.05, 3.63) is 23.8 Å². The van der Waals surface area contributed by atoms with Crippen molar-refractivity contribution in [2.75, 3.05) is 47.4 Å². The number of fused-ring (bicyclic) bond motifs is 1. The molecule has 0 bridgehead atoms. The number of ether oxygens (including phenoxy) is 2. The molecule has 1 N–H and O–H groups in total. The van der Waals surface area contributed by atoms with Crippen molar-refractivity contribution in [1.29, 1.82) is 0 Å². The van der Waals surface area contributed by atoms with Crippen LogP contribution in [0.25, 0.3) is 0 Å². The second-order valence-corrected chi connectivity index (χ2v) is 6.15. The van der Waals surface area contributed by atoms with E-state index >= 15 is 0 Å². The third kappa shape index (κ3) is 4.86. The highest BCUT2D eigenvalue weighted by Crippen LogP contribution is 2.32. The van der Waals surface area contributed by atoms with E-state index in [2.05, 4.69) is 5.32 Å². The van der Waals surface area contributed by atoms with Crippen molar-refractivity contribution in [2.24, 2.45) is 0 Å². The number of carbonyl (C=O) groups excluding carboxylic acids is 2. The molecule has 0 aromatic heterocycles. The molecule has 2 rings (SSSR count). The zero-order chi connectivity index (χ0) is 17.7. The first-order valence-electron chi connectivity index (χ1n) is 7.94. The lowest BCUT2D eigenvalue weighted by molar-refractivity contribution is -0.130. The highest BCUT2D eigenvalue weighted by molar-refractivity contribution is 5.81. The summed E-state index contributed by atoms with van der Waals surface area (Å²) >= 11 is 0. The largest absolute Gasteiger partial charge is 0.486 e. The minimum absolute atomic E-state index is 0.0369. The fourth-order valence-electron chi connectivity index (χ4n) is 2.37. The van der Waals surface area contributed by atoms with Gasteiger partial charge in [-0.2, -0.15) is 0 Å². The summed E-state index contributed by atoms with van der Waals surface area (Å²) in [6.07, 6.45) is 0. The normalized spacial score (nSPS) is 14.2. The Kier molecular flexibility index (Phi) is 6.03. The number of nitrogens with one attached hydrogen (secondary N) is 1. The Morgan fingerprint density at radius 3 is 2.46 bits per heavy atom. The van der Waals surface area contributed by atoms with Gasteiger partial charge in [-0.25, -0.2) is 0 Å². The van der Waals surface area contributed by atoms with Gasteiger partial charge in [0.2, 0.25) is 11.8 Å². The Labute approximate surface area is 142 Å². The van der Waals surface area contributed by atoms with Crippen molar-refractivity contribution in [3.63, 3.8) is 0 Å². The van der Waals surface area contributed by atoms with Crippen LogP contribution in [0.1, 0.15) is 18.5 Å². The Hall–Kier alpha value is -2.28. The molecule has 7 heteroatoms. The van der Waals surface area contributed by atoms with Gasteiger partial charge in [-0.1, -0.05) is 6.07 Å². The first-order valence-corrected chi connectivity index (χ1v) is 7.94. The number of rotatable bonds is 6. The number of hydrogen-bond acceptors (Lipinski definition) is 5. The molecule has 1 atom stereocenters. The molecule has 1 heterocycles. The van der Waals surface area contributed by atoms with Crippen LogP contribution in [0.15, 0.2) is 18.2 Å². The molecule has 1 aromatic rings. The Balaban J connectivity index is 1.88. The van der Waals surface area contributed by atoms with E-state index in [0.717, 1.165) is 11.3 Å². The van der Waals surface area contributed by atoms with E-state index in [1.165, 1.54) is 4.90 Å². The van der Waals surface area contributed by atoms with Gasteiger partial charge in [0.05, 0.1) is 19.1 Å². The average molecular weight is 335 g/mol. The van der Waals surface area contributed by atoms with Crippen LogP contribution in [0.2, 0.25) is 0 Å². The van der Waals surface area contributed by atoms with Gasteiger partial charge in [-0.15, -0.1) is 0 Å². The molecule has 0 radical (unpaired) electrons. The van der Waals surface area contributed by atoms with Gasteiger partial charge in [0.15, 0.2) is 11.5 Å². The SMILES string of the molecule is CC(NC(=O)CN(C)CC(=O)N(C)C)c1ccc2c(c1)OCCO2. The molecule has 0 aliphatic carbocycles. The van der Waals surface area contributed by atoms with Crippen molar-refractivity contribution >= 4 is 11.8 Å². The number of amides is 2. The van der Waals surface area contributed by atoms with Crippen molar-refractivity contribution in [2.45, 2.75) is 13.0 Å². The van der Waals surface area contributed by atoms with Crippen molar-refractivity contribution < 1.29 is 19.1 Å². The van der Waals surface area contributed by atoms with Gasteiger partial charge in [-0.3, -0.25) is 14.5 Å². The third-order valence-corrected chi connectivity index (χ3v) is 3.76. The predicted molar refractivity (Wildman–Crippen MR) is 90.2 cm³/mol. The lowest BCUT2D eigenvalue weighted by Crippen LogP contribution is -2.41. The van der Waals surface area contributed by atoms with Crippen LogP contribution in [-0.2, 0) is 9.59 Å². The van der Waals surface area contributed by atoms with Crippen LogP contribution in [0.4, 0.5) is 0 Å². The fourth-order valence-corrected chi connectivity index (χ4v) is 2.37. The molecule has 132 valence electrons. The summed E-state index contributed by atoms with van der Waals surface area (Å²) in [5, 5.41) is 2.93. The molecule has 1 unspecified atom stereocenters. The molecular weight excluding hydrogens is 310 g/mol. The highest BCUT2D eigenvalue weighted by Gasteiger charge is 2.17. The minimum Gasteiger partial charge on any atom is -0.486 e. The lowest BCUT2D eigenvalue weighted by atomic mass is 10.1. The zero-order valence-electron chi connectivity index (χ0n) is 14.7. The Morgan fingerprint density at radius 2 is 1.79 bits per heavy atom. The summed E-state index contributed by atoms with van der Waals surface area (Å²) in [5.74, 6) is 1.26. The standard InChI is InChI=1S/C17H25N3O4/c1-12(13-5-6-14-15(9-13)24-8-7-23-14)18-16(21)10-20(4)11-17(22)19(2)3/h5-6,9,12H,7-8,10-11H2,1-4H3,(H,18,21). The van der Waals surface area contributed by atoms with Crippen molar-refractivity contribution in [3.8, 4) is 11.5 Å². The summed E-state index contributed by atoms with van der Waals surface area (Å²) in [5.41, 5.74) is 0.944. The zero-order valence-corrected chi connectivity index (χ0v) is 14.7. The Bertz CT molecular complexity index is 603. The summed E-state index contributed by atoms with van der Waals surface area (Å²) < 4.78 is 11.1. The first-order chi connectivity index (χ1) is 11.4. The summed E-state index contributed by atoms with van der Waals surface area (Å²) in [6.45, 7) is 3.36. The van der Waals surface area contributed by atoms with Crippen LogP contribution in [-0.4, -0.2) is 69.1 Å². The molecule has 1 aliphatic rings. The van der Waals surface area contributed by atoms with Gasteiger partial charge >= 0.3 is 0 Å². The topological polar surface area (TPSA) is 71.1 Å². The van der Waals surface area contributed by atoms with Crippen LogP contribution in [0.5, 0.6) is 11.5 Å². The quantitative estimate of drug-likeness (QED) is 0.827. The molecule has 1 aliphatic heterocycles. The van der Waals surface area contributed by atoms with E-state index in [-0.39, 0.29) is 30.9 Å². The van der Waals surface area contributed by atoms with E-state index in [0.29, 0.717) is 19.0 Å². The maximum atomic E-state index is 12.1. The van der Waals surface area contributed by atoms with Crippen LogP contribution in [0.3, 0.4) is 0 Å². The van der Waals surface area contributed by atoms with Gasteiger partial charge in [0.25, 0.3) is 0 Å². The van der Waals surface area contributed by atoms with Gasteiger partial charge in [0, 0.05) is 14.1 Å². The number of benzene rings is 1. The summed E-state index contributed by atoms with van der Waals surface area (Å²) in [6, 6.07) is 5.50. The summed E-state index contributed by atoms with van der Waals surface area (Å²) in [4.78, 5) is 27.0. The van der Waals surface area contributed by atoms with E-state index in [4.69, 9.17) is 9.47 Å². The monoisotopic (exact) mass is 335 g/mol. The molecule has 1 aromatic carbocycles.